The number of nitrogens with one attached hydrogen (secondary N) is 1. The molecule has 1 heteroatoms. The van der Waals surface area contributed by atoms with E-state index in [1.165, 1.54) is 83.7 Å². The van der Waals surface area contributed by atoms with Gasteiger partial charge in [0.15, 0.2) is 0 Å². The fraction of sp³-hybridized carbons (Fsp3) is 1.00. The molecular weight excluding hydrogens is 278 g/mol. The molecule has 2 aliphatic rings. The Bertz CT molecular complexity index is 314. The van der Waals surface area contributed by atoms with Gasteiger partial charge in [0.1, 0.15) is 0 Å². The van der Waals surface area contributed by atoms with Crippen LogP contribution in [-0.2, 0) is 0 Å². The lowest BCUT2D eigenvalue weighted by molar-refractivity contribution is 0.140. The zero-order chi connectivity index (χ0) is 16.7. The zero-order valence-corrected chi connectivity index (χ0v) is 16.5. The fourth-order valence-corrected chi connectivity index (χ4v) is 5.38. The molecule has 1 saturated carbocycles. The predicted molar refractivity (Wildman–Crippen MR) is 103 cm³/mol. The van der Waals surface area contributed by atoms with Gasteiger partial charge in [-0.1, -0.05) is 66.2 Å². The molecule has 0 aromatic rings. The molecule has 1 heterocycles. The molecule has 23 heavy (non-hydrogen) atoms. The van der Waals surface area contributed by atoms with Crippen LogP contribution in [0.2, 0.25) is 0 Å². The van der Waals surface area contributed by atoms with E-state index in [0.29, 0.717) is 5.41 Å². The summed E-state index contributed by atoms with van der Waals surface area (Å²) in [5.74, 6) is 3.52. The van der Waals surface area contributed by atoms with Crippen LogP contribution >= 0.6 is 0 Å². The second-order valence-electron chi connectivity index (χ2n) is 9.71. The number of hydrogen-bond donors (Lipinski definition) is 1. The molecule has 4 atom stereocenters. The third kappa shape index (κ3) is 6.77. The Morgan fingerprint density at radius 3 is 1.91 bits per heavy atom. The summed E-state index contributed by atoms with van der Waals surface area (Å²) in [4.78, 5) is 0. The molecule has 1 nitrogen and oxygen atoms in total. The predicted octanol–water partition coefficient (Wildman–Crippen LogP) is 6.43. The van der Waals surface area contributed by atoms with Gasteiger partial charge in [-0.25, -0.2) is 0 Å². The van der Waals surface area contributed by atoms with E-state index >= 15 is 0 Å². The van der Waals surface area contributed by atoms with Gasteiger partial charge in [0.25, 0.3) is 0 Å². The molecule has 1 aliphatic heterocycles. The van der Waals surface area contributed by atoms with Crippen LogP contribution in [0.15, 0.2) is 0 Å². The Hall–Kier alpha value is -0.0400. The van der Waals surface area contributed by atoms with Gasteiger partial charge >= 0.3 is 0 Å². The van der Waals surface area contributed by atoms with Crippen molar-refractivity contribution in [2.24, 2.45) is 29.1 Å². The van der Waals surface area contributed by atoms with Crippen molar-refractivity contribution in [3.8, 4) is 0 Å². The van der Waals surface area contributed by atoms with Gasteiger partial charge in [-0.3, -0.25) is 0 Å². The maximum absolute atomic E-state index is 3.71. The highest BCUT2D eigenvalue weighted by molar-refractivity contribution is 4.84. The van der Waals surface area contributed by atoms with Gasteiger partial charge in [-0.2, -0.15) is 0 Å². The van der Waals surface area contributed by atoms with Gasteiger partial charge in [0.05, 0.1) is 0 Å². The van der Waals surface area contributed by atoms with Crippen molar-refractivity contribution in [2.75, 3.05) is 13.1 Å². The van der Waals surface area contributed by atoms with Gasteiger partial charge < -0.3 is 5.32 Å². The van der Waals surface area contributed by atoms with Crippen molar-refractivity contribution < 1.29 is 0 Å². The maximum atomic E-state index is 3.71. The van der Waals surface area contributed by atoms with Gasteiger partial charge in [-0.05, 0) is 74.3 Å². The monoisotopic (exact) mass is 321 g/mol. The summed E-state index contributed by atoms with van der Waals surface area (Å²) in [6, 6.07) is 0. The highest BCUT2D eigenvalue weighted by atomic mass is 14.9. The third-order valence-corrected chi connectivity index (χ3v) is 6.84. The smallest absolute Gasteiger partial charge is 0.00229 e. The van der Waals surface area contributed by atoms with Gasteiger partial charge in [0, 0.05) is 0 Å². The van der Waals surface area contributed by atoms with E-state index in [9.17, 15) is 0 Å². The summed E-state index contributed by atoms with van der Waals surface area (Å²) in [5, 5.41) is 3.71. The number of hydrogen-bond acceptors (Lipinski definition) is 1. The summed E-state index contributed by atoms with van der Waals surface area (Å²) in [6.45, 7) is 12.5. The van der Waals surface area contributed by atoms with Crippen LogP contribution in [0.1, 0.15) is 98.3 Å². The standard InChI is InChI=1S/C22H43N/c1-18-13-20(3)21(14-19(2)17-23-16-18)15-22(4)11-9-7-5-6-8-10-12-22/h18-21,23H,5-17H2,1-4H3. The summed E-state index contributed by atoms with van der Waals surface area (Å²) < 4.78 is 0. The fourth-order valence-electron chi connectivity index (χ4n) is 5.38. The van der Waals surface area contributed by atoms with Crippen LogP contribution in [0, 0.1) is 29.1 Å². The lowest BCUT2D eigenvalue weighted by atomic mass is 9.68. The molecular formula is C22H43N. The highest BCUT2D eigenvalue weighted by Crippen LogP contribution is 2.43. The third-order valence-electron chi connectivity index (χ3n) is 6.84. The van der Waals surface area contributed by atoms with Crippen LogP contribution < -0.4 is 5.32 Å². The van der Waals surface area contributed by atoms with Crippen molar-refractivity contribution in [1.82, 2.24) is 5.32 Å². The van der Waals surface area contributed by atoms with Crippen molar-refractivity contribution in [1.29, 1.82) is 0 Å². The van der Waals surface area contributed by atoms with Crippen molar-refractivity contribution >= 4 is 0 Å². The van der Waals surface area contributed by atoms with Gasteiger partial charge in [0.2, 0.25) is 0 Å². The summed E-state index contributed by atoms with van der Waals surface area (Å²) in [5.41, 5.74) is 0.619. The summed E-state index contributed by atoms with van der Waals surface area (Å²) >= 11 is 0. The SMILES string of the molecule is CC1CNCC(C)CC(CC2(C)CCCCCCCC2)C(C)C1. The Morgan fingerprint density at radius 1 is 0.783 bits per heavy atom. The zero-order valence-electron chi connectivity index (χ0n) is 16.5. The molecule has 1 N–H and O–H groups in total. The Kier molecular flexibility index (Phi) is 7.92. The highest BCUT2D eigenvalue weighted by Gasteiger charge is 2.32. The van der Waals surface area contributed by atoms with E-state index in [2.05, 4.69) is 33.0 Å². The minimum absolute atomic E-state index is 0.619. The van der Waals surface area contributed by atoms with E-state index in [1.807, 2.05) is 0 Å². The Balaban J connectivity index is 2.02. The molecule has 0 radical (unpaired) electrons. The molecule has 0 aromatic heterocycles. The largest absolute Gasteiger partial charge is 0.316 e. The van der Waals surface area contributed by atoms with Crippen molar-refractivity contribution in [2.45, 2.75) is 98.3 Å². The molecule has 1 aliphatic carbocycles. The quantitative estimate of drug-likeness (QED) is 0.618. The summed E-state index contributed by atoms with van der Waals surface area (Å²) in [6.07, 6.45) is 16.2. The molecule has 136 valence electrons. The second kappa shape index (κ2) is 9.44. The topological polar surface area (TPSA) is 12.0 Å². The van der Waals surface area contributed by atoms with E-state index in [1.54, 1.807) is 0 Å². The lowest BCUT2D eigenvalue weighted by Crippen LogP contribution is -2.27. The Morgan fingerprint density at radius 2 is 1.30 bits per heavy atom. The van der Waals surface area contributed by atoms with Gasteiger partial charge in [-0.15, -0.1) is 0 Å². The van der Waals surface area contributed by atoms with Crippen LogP contribution in [-0.4, -0.2) is 13.1 Å². The normalized spacial score (nSPS) is 37.6. The van der Waals surface area contributed by atoms with Crippen molar-refractivity contribution in [3.63, 3.8) is 0 Å². The summed E-state index contributed by atoms with van der Waals surface area (Å²) in [7, 11) is 0. The molecule has 0 spiro atoms. The first-order chi connectivity index (χ1) is 11.0. The molecule has 2 rings (SSSR count). The van der Waals surface area contributed by atoms with E-state index in [0.717, 1.165) is 23.7 Å². The van der Waals surface area contributed by atoms with Crippen LogP contribution in [0.4, 0.5) is 0 Å². The molecule has 2 fully saturated rings. The Labute approximate surface area is 146 Å². The molecule has 0 amide bonds. The maximum Gasteiger partial charge on any atom is -0.00229 e. The molecule has 1 saturated heterocycles. The van der Waals surface area contributed by atoms with E-state index in [4.69, 9.17) is 0 Å². The van der Waals surface area contributed by atoms with Crippen LogP contribution in [0.5, 0.6) is 0 Å². The first kappa shape index (κ1) is 19.3. The minimum atomic E-state index is 0.619. The van der Waals surface area contributed by atoms with Crippen molar-refractivity contribution in [3.05, 3.63) is 0 Å². The number of rotatable bonds is 2. The average molecular weight is 322 g/mol. The molecule has 4 unspecified atom stereocenters. The molecule has 0 aromatic carbocycles. The molecule has 0 bridgehead atoms. The lowest BCUT2D eigenvalue weighted by Gasteiger charge is -2.37. The second-order valence-corrected chi connectivity index (χ2v) is 9.71. The average Bonchev–Trinajstić information content (AvgIpc) is 2.61. The van der Waals surface area contributed by atoms with E-state index < -0.39 is 0 Å². The van der Waals surface area contributed by atoms with Crippen LogP contribution in [0.3, 0.4) is 0 Å². The van der Waals surface area contributed by atoms with Crippen LogP contribution in [0.25, 0.3) is 0 Å². The first-order valence-electron chi connectivity index (χ1n) is 10.7. The minimum Gasteiger partial charge on any atom is -0.316 e. The van der Waals surface area contributed by atoms with E-state index in [-0.39, 0.29) is 0 Å². The first-order valence-corrected chi connectivity index (χ1v) is 10.7.